The van der Waals surface area contributed by atoms with E-state index in [9.17, 15) is 0 Å². The molecule has 0 saturated carbocycles. The zero-order chi connectivity index (χ0) is 21.8. The second-order valence-electron chi connectivity index (χ2n) is 9.93. The van der Waals surface area contributed by atoms with Crippen molar-refractivity contribution in [2.75, 3.05) is 0 Å². The van der Waals surface area contributed by atoms with Crippen LogP contribution in [0.1, 0.15) is 49.3 Å². The summed E-state index contributed by atoms with van der Waals surface area (Å²) in [6, 6.07) is 34.1. The first-order chi connectivity index (χ1) is 15.7. The molecule has 3 aromatic rings. The summed E-state index contributed by atoms with van der Waals surface area (Å²) < 4.78 is 4.58. The summed E-state index contributed by atoms with van der Waals surface area (Å²) in [5.41, 5.74) is 9.81. The summed E-state index contributed by atoms with van der Waals surface area (Å²) in [4.78, 5) is 0. The Morgan fingerprint density at radius 3 is 1.53 bits per heavy atom. The van der Waals surface area contributed by atoms with Crippen LogP contribution < -0.4 is 0 Å². The van der Waals surface area contributed by atoms with Crippen molar-refractivity contribution < 1.29 is 16.6 Å². The molecular weight excluding hydrogens is 420 g/mol. The zero-order valence-electron chi connectivity index (χ0n) is 19.3. The van der Waals surface area contributed by atoms with E-state index in [0.29, 0.717) is 4.22 Å². The molecule has 1 heteroatoms. The molecule has 0 bridgehead atoms. The molecule has 2 aliphatic rings. The van der Waals surface area contributed by atoms with Gasteiger partial charge in [0.25, 0.3) is 0 Å². The van der Waals surface area contributed by atoms with E-state index >= 15 is 0 Å². The van der Waals surface area contributed by atoms with Crippen molar-refractivity contribution in [3.8, 4) is 0 Å². The van der Waals surface area contributed by atoms with Crippen LogP contribution >= 0.6 is 0 Å². The third-order valence-electron chi connectivity index (χ3n) is 7.57. The number of hydrogen-bond acceptors (Lipinski definition) is 0. The Hall–Kier alpha value is -2.15. The maximum absolute atomic E-state index is 2.60. The van der Waals surface area contributed by atoms with E-state index in [1.165, 1.54) is 56.6 Å². The number of rotatable bonds is 7. The molecule has 0 N–H and O–H groups in total. The van der Waals surface area contributed by atoms with Gasteiger partial charge in [-0.1, -0.05) is 0 Å². The molecule has 0 saturated heterocycles. The topological polar surface area (TPSA) is 0 Å². The van der Waals surface area contributed by atoms with Crippen molar-refractivity contribution in [2.24, 2.45) is 0 Å². The summed E-state index contributed by atoms with van der Waals surface area (Å²) in [6.07, 6.45) is 7.95. The van der Waals surface area contributed by atoms with Gasteiger partial charge in [0, 0.05) is 0 Å². The van der Waals surface area contributed by atoms with Crippen LogP contribution in [0.4, 0.5) is 0 Å². The van der Waals surface area contributed by atoms with Crippen molar-refractivity contribution in [2.45, 2.75) is 51.0 Å². The van der Waals surface area contributed by atoms with Gasteiger partial charge in [-0.05, 0) is 0 Å². The second kappa shape index (κ2) is 9.78. The third-order valence-corrected chi connectivity index (χ3v) is 15.9. The quantitative estimate of drug-likeness (QED) is 0.315. The third kappa shape index (κ3) is 4.63. The molecular formula is C31H34Ti. The molecule has 0 aromatic heterocycles. The molecule has 2 aliphatic carbocycles. The predicted molar refractivity (Wildman–Crippen MR) is 133 cm³/mol. The summed E-state index contributed by atoms with van der Waals surface area (Å²) >= 11 is -2.58. The van der Waals surface area contributed by atoms with Crippen molar-refractivity contribution in [1.29, 1.82) is 0 Å². The van der Waals surface area contributed by atoms with Crippen LogP contribution in [0.15, 0.2) is 114 Å². The summed E-state index contributed by atoms with van der Waals surface area (Å²) in [6.45, 7) is 2.45. The summed E-state index contributed by atoms with van der Waals surface area (Å²) in [7, 11) is 0. The van der Waals surface area contributed by atoms with E-state index in [2.05, 4.69) is 104 Å². The van der Waals surface area contributed by atoms with E-state index < -0.39 is 16.6 Å². The number of hydrogen-bond donors (Lipinski definition) is 0. The van der Waals surface area contributed by atoms with Gasteiger partial charge in [-0.15, -0.1) is 0 Å². The second-order valence-corrected chi connectivity index (χ2v) is 16.7. The predicted octanol–water partition coefficient (Wildman–Crippen LogP) is 8.36. The van der Waals surface area contributed by atoms with Crippen molar-refractivity contribution in [3.63, 3.8) is 0 Å². The van der Waals surface area contributed by atoms with E-state index in [0.717, 1.165) is 0 Å². The van der Waals surface area contributed by atoms with Gasteiger partial charge in [0.05, 0.1) is 0 Å². The van der Waals surface area contributed by atoms with Gasteiger partial charge < -0.3 is 0 Å². The van der Waals surface area contributed by atoms with Crippen LogP contribution in [0.25, 0.3) is 0 Å². The van der Waals surface area contributed by atoms with Gasteiger partial charge in [-0.25, -0.2) is 0 Å². The van der Waals surface area contributed by atoms with Gasteiger partial charge in [-0.2, -0.15) is 0 Å². The maximum atomic E-state index is 2.60. The molecule has 1 unspecified atom stereocenters. The molecule has 0 fully saturated rings. The molecule has 0 radical (unpaired) electrons. The molecule has 5 rings (SSSR count). The van der Waals surface area contributed by atoms with Crippen LogP contribution in [-0.4, -0.2) is 0 Å². The van der Waals surface area contributed by atoms with E-state index in [1.807, 2.05) is 5.57 Å². The first kappa shape index (κ1) is 21.7. The van der Waals surface area contributed by atoms with Gasteiger partial charge in [0.1, 0.15) is 0 Å². The van der Waals surface area contributed by atoms with Gasteiger partial charge in [-0.3, -0.25) is 0 Å². The molecule has 0 spiro atoms. The molecule has 3 aromatic carbocycles. The molecule has 162 valence electrons. The Balaban J connectivity index is 1.65. The first-order valence-corrected chi connectivity index (χ1v) is 16.5. The van der Waals surface area contributed by atoms with Crippen molar-refractivity contribution in [1.82, 2.24) is 0 Å². The van der Waals surface area contributed by atoms with E-state index in [4.69, 9.17) is 0 Å². The van der Waals surface area contributed by atoms with E-state index in [-0.39, 0.29) is 0 Å². The zero-order valence-corrected chi connectivity index (χ0v) is 20.8. The first-order valence-electron chi connectivity index (χ1n) is 12.3. The standard InChI is InChI=1S/C10H13.3C7H7.Ti/c1-8-6-9-4-2-3-5-10(9)7-8;3*1-7-5-3-2-4-6-7;/h6-7H,2-5H2,1H3;3*2-6H,1H2;. The van der Waals surface area contributed by atoms with Crippen molar-refractivity contribution >= 4 is 0 Å². The molecule has 32 heavy (non-hydrogen) atoms. The molecule has 0 amide bonds. The monoisotopic (exact) mass is 454 g/mol. The molecule has 1 atom stereocenters. The fraction of sp³-hybridized carbons (Fsp3) is 0.290. The van der Waals surface area contributed by atoms with Crippen LogP contribution in [0.5, 0.6) is 0 Å². The Morgan fingerprint density at radius 2 is 1.06 bits per heavy atom. The SMILES string of the molecule is CC1=CC2=C(CCCC2)[CH]1[Ti]([CH2]c1ccccc1)([CH2]c1ccccc1)[CH2]c1ccccc1. The van der Waals surface area contributed by atoms with Crippen LogP contribution in [-0.2, 0) is 30.8 Å². The fourth-order valence-corrected chi connectivity index (χ4v) is 16.2. The fourth-order valence-electron chi connectivity index (χ4n) is 6.43. The van der Waals surface area contributed by atoms with Gasteiger partial charge in [0.15, 0.2) is 0 Å². The van der Waals surface area contributed by atoms with Gasteiger partial charge in [0.2, 0.25) is 0 Å². The normalized spacial score (nSPS) is 18.4. The minimum atomic E-state index is -2.58. The summed E-state index contributed by atoms with van der Waals surface area (Å²) in [5.74, 6) is 0. The Bertz CT molecular complexity index is 992. The molecule has 0 nitrogen and oxygen atoms in total. The van der Waals surface area contributed by atoms with E-state index in [1.54, 1.807) is 11.1 Å². The Labute approximate surface area is 197 Å². The average Bonchev–Trinajstić information content (AvgIpc) is 3.17. The number of benzene rings is 3. The Morgan fingerprint density at radius 1 is 0.625 bits per heavy atom. The average molecular weight is 454 g/mol. The molecule has 0 aliphatic heterocycles. The van der Waals surface area contributed by atoms with Crippen LogP contribution in [0.2, 0.25) is 4.22 Å². The number of allylic oxidation sites excluding steroid dienone is 4. The Kier molecular flexibility index (Phi) is 6.63. The van der Waals surface area contributed by atoms with Gasteiger partial charge >= 0.3 is 198 Å². The summed E-state index contributed by atoms with van der Waals surface area (Å²) in [5, 5.41) is 0. The molecule has 0 heterocycles. The van der Waals surface area contributed by atoms with Crippen LogP contribution in [0.3, 0.4) is 0 Å². The minimum absolute atomic E-state index is 0.714. The van der Waals surface area contributed by atoms with Crippen LogP contribution in [0, 0.1) is 0 Å². The van der Waals surface area contributed by atoms with Crippen molar-refractivity contribution in [3.05, 3.63) is 130 Å².